The van der Waals surface area contributed by atoms with Crippen molar-refractivity contribution in [3.05, 3.63) is 71.7 Å². The summed E-state index contributed by atoms with van der Waals surface area (Å²) in [5, 5.41) is 12.7. The normalized spacial score (nSPS) is 10.6. The third-order valence-corrected chi connectivity index (χ3v) is 4.47. The minimum atomic E-state index is 0.398. The van der Waals surface area contributed by atoms with E-state index in [1.807, 2.05) is 53.9 Å². The molecule has 0 atom stereocenters. The highest BCUT2D eigenvalue weighted by atomic mass is 16.5. The third kappa shape index (κ3) is 3.23. The number of pyridine rings is 1. The van der Waals surface area contributed by atoms with Crippen molar-refractivity contribution in [2.75, 3.05) is 12.4 Å². The molecular formula is C21H18N6O. The summed E-state index contributed by atoms with van der Waals surface area (Å²) in [7, 11) is 1.64. The summed E-state index contributed by atoms with van der Waals surface area (Å²) in [5.74, 6) is 1.24. The molecule has 0 unspecified atom stereocenters. The van der Waals surface area contributed by atoms with Crippen LogP contribution in [0.3, 0.4) is 0 Å². The topological polar surface area (TPSA) is 88.1 Å². The summed E-state index contributed by atoms with van der Waals surface area (Å²) in [5.41, 5.74) is 4.63. The smallest absolute Gasteiger partial charge is 0.223 e. The molecule has 138 valence electrons. The number of anilines is 1. The van der Waals surface area contributed by atoms with Crippen LogP contribution in [0.2, 0.25) is 0 Å². The molecular weight excluding hydrogens is 352 g/mol. The first-order valence-corrected chi connectivity index (χ1v) is 8.76. The number of hydrogen-bond donors (Lipinski definition) is 1. The molecule has 28 heavy (non-hydrogen) atoms. The Balaban J connectivity index is 1.68. The van der Waals surface area contributed by atoms with E-state index in [0.717, 1.165) is 28.2 Å². The van der Waals surface area contributed by atoms with Crippen LogP contribution < -0.4 is 10.1 Å². The molecule has 7 nitrogen and oxygen atoms in total. The Kier molecular flexibility index (Phi) is 4.60. The maximum absolute atomic E-state index is 9.51. The Bertz CT molecular complexity index is 1190. The van der Waals surface area contributed by atoms with E-state index in [1.165, 1.54) is 6.20 Å². The van der Waals surface area contributed by atoms with E-state index in [9.17, 15) is 5.26 Å². The lowest BCUT2D eigenvalue weighted by atomic mass is 10.2. The van der Waals surface area contributed by atoms with E-state index >= 15 is 0 Å². The molecule has 7 heteroatoms. The summed E-state index contributed by atoms with van der Waals surface area (Å²) in [6, 6.07) is 13.9. The maximum atomic E-state index is 9.51. The fourth-order valence-corrected chi connectivity index (χ4v) is 3.03. The maximum Gasteiger partial charge on any atom is 0.223 e. The second-order valence-corrected chi connectivity index (χ2v) is 6.30. The number of hydrogen-bond acceptors (Lipinski definition) is 6. The predicted molar refractivity (Wildman–Crippen MR) is 106 cm³/mol. The zero-order chi connectivity index (χ0) is 19.5. The number of ether oxygens (including phenoxy) is 1. The summed E-state index contributed by atoms with van der Waals surface area (Å²) in [6.45, 7) is 2.53. The number of aromatic nitrogens is 4. The molecule has 0 bridgehead atoms. The van der Waals surface area contributed by atoms with E-state index in [-0.39, 0.29) is 0 Å². The van der Waals surface area contributed by atoms with Gasteiger partial charge in [0.1, 0.15) is 23.2 Å². The molecule has 0 aliphatic heterocycles. The fourth-order valence-electron chi connectivity index (χ4n) is 3.03. The summed E-state index contributed by atoms with van der Waals surface area (Å²) < 4.78 is 7.19. The van der Waals surface area contributed by atoms with Crippen molar-refractivity contribution < 1.29 is 4.74 Å². The third-order valence-electron chi connectivity index (χ3n) is 4.47. The number of aryl methyl sites for hydroxylation is 1. The van der Waals surface area contributed by atoms with Gasteiger partial charge in [-0.05, 0) is 36.2 Å². The SMILES string of the molecule is COc1cccc(CNc2ncc(C#N)c(-c3cnc4c(C)cccn34)n2)c1. The van der Waals surface area contributed by atoms with Crippen LogP contribution in [0.15, 0.2) is 55.0 Å². The highest BCUT2D eigenvalue weighted by molar-refractivity contribution is 5.68. The lowest BCUT2D eigenvalue weighted by Gasteiger charge is -2.09. The Labute approximate surface area is 162 Å². The van der Waals surface area contributed by atoms with Gasteiger partial charge in [-0.1, -0.05) is 18.2 Å². The quantitative estimate of drug-likeness (QED) is 0.577. The van der Waals surface area contributed by atoms with Crippen LogP contribution >= 0.6 is 0 Å². The van der Waals surface area contributed by atoms with Crippen molar-refractivity contribution in [3.63, 3.8) is 0 Å². The second kappa shape index (κ2) is 7.37. The van der Waals surface area contributed by atoms with Crippen molar-refractivity contribution in [3.8, 4) is 23.2 Å². The minimum Gasteiger partial charge on any atom is -0.497 e. The Morgan fingerprint density at radius 2 is 2.07 bits per heavy atom. The molecule has 0 saturated carbocycles. The van der Waals surface area contributed by atoms with E-state index in [4.69, 9.17) is 4.74 Å². The number of nitrogens with one attached hydrogen (secondary N) is 1. The van der Waals surface area contributed by atoms with Crippen LogP contribution in [0.25, 0.3) is 17.0 Å². The van der Waals surface area contributed by atoms with Gasteiger partial charge in [-0.15, -0.1) is 0 Å². The van der Waals surface area contributed by atoms with Crippen LogP contribution in [0.4, 0.5) is 5.95 Å². The summed E-state index contributed by atoms with van der Waals surface area (Å²) >= 11 is 0. The van der Waals surface area contributed by atoms with E-state index in [0.29, 0.717) is 23.8 Å². The molecule has 3 aromatic heterocycles. The molecule has 0 amide bonds. The van der Waals surface area contributed by atoms with Gasteiger partial charge < -0.3 is 10.1 Å². The van der Waals surface area contributed by atoms with Gasteiger partial charge in [-0.2, -0.15) is 5.26 Å². The zero-order valence-electron chi connectivity index (χ0n) is 15.5. The van der Waals surface area contributed by atoms with Crippen LogP contribution in [0.5, 0.6) is 5.75 Å². The molecule has 0 aliphatic rings. The van der Waals surface area contributed by atoms with Gasteiger partial charge in [0.05, 0.1) is 30.8 Å². The molecule has 0 spiro atoms. The molecule has 4 rings (SSSR count). The molecule has 0 radical (unpaired) electrons. The molecule has 0 saturated heterocycles. The number of imidazole rings is 1. The van der Waals surface area contributed by atoms with Crippen LogP contribution in [0, 0.1) is 18.3 Å². The van der Waals surface area contributed by atoms with Gasteiger partial charge in [0.2, 0.25) is 5.95 Å². The standard InChI is InChI=1S/C21H18N6O/c1-14-5-4-8-27-18(13-23-20(14)27)19-16(10-22)12-25-21(26-19)24-11-15-6-3-7-17(9-15)28-2/h3-9,12-13H,11H2,1-2H3,(H,24,25,26). The first-order valence-electron chi connectivity index (χ1n) is 8.76. The average Bonchev–Trinajstić information content (AvgIpc) is 3.17. The average molecular weight is 370 g/mol. The molecule has 4 aromatic rings. The number of benzene rings is 1. The van der Waals surface area contributed by atoms with Crippen molar-refractivity contribution in [2.45, 2.75) is 13.5 Å². The van der Waals surface area contributed by atoms with Gasteiger partial charge in [0.15, 0.2) is 0 Å². The van der Waals surface area contributed by atoms with Gasteiger partial charge >= 0.3 is 0 Å². The predicted octanol–water partition coefficient (Wildman–Crippen LogP) is 3.59. The zero-order valence-corrected chi connectivity index (χ0v) is 15.5. The fraction of sp³-hybridized carbons (Fsp3) is 0.143. The first-order chi connectivity index (χ1) is 13.7. The lowest BCUT2D eigenvalue weighted by molar-refractivity contribution is 0.414. The van der Waals surface area contributed by atoms with Crippen LogP contribution in [-0.4, -0.2) is 26.5 Å². The van der Waals surface area contributed by atoms with Crippen LogP contribution in [-0.2, 0) is 6.54 Å². The van der Waals surface area contributed by atoms with Gasteiger partial charge in [-0.25, -0.2) is 15.0 Å². The molecule has 0 aliphatic carbocycles. The second-order valence-electron chi connectivity index (χ2n) is 6.30. The first kappa shape index (κ1) is 17.5. The van der Waals surface area contributed by atoms with Gasteiger partial charge in [0, 0.05) is 12.7 Å². The Morgan fingerprint density at radius 1 is 1.18 bits per heavy atom. The van der Waals surface area contributed by atoms with Crippen molar-refractivity contribution >= 4 is 11.6 Å². The largest absolute Gasteiger partial charge is 0.497 e. The summed E-state index contributed by atoms with van der Waals surface area (Å²) in [4.78, 5) is 13.3. The minimum absolute atomic E-state index is 0.398. The lowest BCUT2D eigenvalue weighted by Crippen LogP contribution is -2.06. The number of fused-ring (bicyclic) bond motifs is 1. The molecule has 3 heterocycles. The summed E-state index contributed by atoms with van der Waals surface area (Å²) in [6.07, 6.45) is 5.18. The Hall–Kier alpha value is -3.92. The van der Waals surface area contributed by atoms with E-state index in [2.05, 4.69) is 26.3 Å². The van der Waals surface area contributed by atoms with Gasteiger partial charge in [-0.3, -0.25) is 4.40 Å². The molecule has 1 N–H and O–H groups in total. The van der Waals surface area contributed by atoms with Crippen molar-refractivity contribution in [2.24, 2.45) is 0 Å². The molecule has 1 aromatic carbocycles. The van der Waals surface area contributed by atoms with E-state index < -0.39 is 0 Å². The van der Waals surface area contributed by atoms with Crippen molar-refractivity contribution in [1.82, 2.24) is 19.4 Å². The highest BCUT2D eigenvalue weighted by Gasteiger charge is 2.14. The highest BCUT2D eigenvalue weighted by Crippen LogP contribution is 2.24. The monoisotopic (exact) mass is 370 g/mol. The van der Waals surface area contributed by atoms with Crippen molar-refractivity contribution in [1.29, 1.82) is 5.26 Å². The Morgan fingerprint density at radius 3 is 2.89 bits per heavy atom. The molecule has 0 fully saturated rings. The number of rotatable bonds is 5. The van der Waals surface area contributed by atoms with Crippen LogP contribution in [0.1, 0.15) is 16.7 Å². The number of methoxy groups -OCH3 is 1. The van der Waals surface area contributed by atoms with E-state index in [1.54, 1.807) is 13.3 Å². The number of nitriles is 1. The van der Waals surface area contributed by atoms with Gasteiger partial charge in [0.25, 0.3) is 0 Å². The number of nitrogens with zero attached hydrogens (tertiary/aromatic N) is 5.